The maximum Gasteiger partial charge on any atom is 0.342 e. The molecule has 1 heterocycles. The highest BCUT2D eigenvalue weighted by Gasteiger charge is 2.30. The first-order valence-corrected chi connectivity index (χ1v) is 12.7. The lowest BCUT2D eigenvalue weighted by atomic mass is 9.89. The van der Waals surface area contributed by atoms with Gasteiger partial charge in [-0.3, -0.25) is 9.88 Å². The molecule has 1 aromatic rings. The molecule has 182 valence electrons. The molecule has 1 atom stereocenters. The summed E-state index contributed by atoms with van der Waals surface area (Å²) < 4.78 is 15.8. The van der Waals surface area contributed by atoms with Gasteiger partial charge in [0.25, 0.3) is 0 Å². The number of oxime groups is 1. The minimum atomic E-state index is -1.14. The van der Waals surface area contributed by atoms with Crippen molar-refractivity contribution in [3.63, 3.8) is 0 Å². The summed E-state index contributed by atoms with van der Waals surface area (Å²) in [5.74, 6) is -0.697. The van der Waals surface area contributed by atoms with Gasteiger partial charge in [-0.05, 0) is 58.6 Å². The van der Waals surface area contributed by atoms with E-state index in [-0.39, 0.29) is 24.7 Å². The summed E-state index contributed by atoms with van der Waals surface area (Å²) in [5.41, 5.74) is 5.75. The van der Waals surface area contributed by atoms with Gasteiger partial charge in [-0.15, -0.1) is 0 Å². The van der Waals surface area contributed by atoms with Gasteiger partial charge in [-0.2, -0.15) is 0 Å². The molecule has 0 spiro atoms. The number of benzene rings is 1. The molecular formula is C24H35N2O6P. The van der Waals surface area contributed by atoms with E-state index in [0.29, 0.717) is 31.3 Å². The van der Waals surface area contributed by atoms with Crippen molar-refractivity contribution < 1.29 is 28.8 Å². The molecule has 0 aromatic heterocycles. The Morgan fingerprint density at radius 1 is 1.27 bits per heavy atom. The quantitative estimate of drug-likeness (QED) is 0.148. The van der Waals surface area contributed by atoms with Crippen LogP contribution in [0.2, 0.25) is 0 Å². The third-order valence-electron chi connectivity index (χ3n) is 5.29. The fourth-order valence-corrected chi connectivity index (χ4v) is 5.10. The number of rotatable bonds is 12. The summed E-state index contributed by atoms with van der Waals surface area (Å²) in [6, 6.07) is 0. The first kappa shape index (κ1) is 26.8. The van der Waals surface area contributed by atoms with Crippen LogP contribution in [0.25, 0.3) is 0 Å². The van der Waals surface area contributed by atoms with Crippen molar-refractivity contribution in [3.8, 4) is 5.75 Å². The zero-order chi connectivity index (χ0) is 24.5. The zero-order valence-corrected chi connectivity index (χ0v) is 21.3. The maximum atomic E-state index is 12.1. The van der Waals surface area contributed by atoms with Gasteiger partial charge in [0.2, 0.25) is 0 Å². The van der Waals surface area contributed by atoms with Crippen molar-refractivity contribution in [2.24, 2.45) is 5.16 Å². The molecule has 1 unspecified atom stereocenters. The monoisotopic (exact) mass is 478 g/mol. The first-order valence-electron chi connectivity index (χ1n) is 11.2. The smallest absolute Gasteiger partial charge is 0.342 e. The molecule has 2 N–H and O–H groups in total. The van der Waals surface area contributed by atoms with Crippen molar-refractivity contribution in [2.75, 3.05) is 19.3 Å². The molecule has 0 aliphatic carbocycles. The molecule has 0 radical (unpaired) electrons. The van der Waals surface area contributed by atoms with Gasteiger partial charge in [0.15, 0.2) is 8.30 Å². The fourth-order valence-electron chi connectivity index (χ4n) is 3.67. The molecule has 0 amide bonds. The lowest BCUT2D eigenvalue weighted by molar-refractivity contribution is -0.142. The van der Waals surface area contributed by atoms with Crippen LogP contribution in [0.4, 0.5) is 0 Å². The van der Waals surface area contributed by atoms with Crippen LogP contribution in [0.15, 0.2) is 16.8 Å². The van der Waals surface area contributed by atoms with Crippen LogP contribution in [-0.2, 0) is 38.3 Å². The number of cyclic esters (lactones) is 1. The fraction of sp³-hybridized carbons (Fsp3) is 0.542. The zero-order valence-electron chi connectivity index (χ0n) is 20.4. The Balaban J connectivity index is 2.15. The number of hydrogen-bond donors (Lipinski definition) is 2. The summed E-state index contributed by atoms with van der Waals surface area (Å²) in [5, 5.41) is 18.2. The van der Waals surface area contributed by atoms with E-state index in [4.69, 9.17) is 14.1 Å². The summed E-state index contributed by atoms with van der Waals surface area (Å²) in [6.07, 6.45) is 4.13. The standard InChI is InChI=1S/C24H35N2O6P/c1-7-18-17(6)20-13-31-24(29)22(20)23(28)19(18)10-9-16(5)14-33(32-26-15(3)4)25-12-11-21(27)30-8-2/h9,25,28H,7-8,10-14H2,1-6H3/b16-9+. The Morgan fingerprint density at radius 2 is 2.00 bits per heavy atom. The lowest BCUT2D eigenvalue weighted by Gasteiger charge is -2.17. The number of nitrogens with zero attached hydrogens (tertiary/aromatic N) is 1. The summed E-state index contributed by atoms with van der Waals surface area (Å²) >= 11 is 0. The Hall–Kier alpha value is -2.44. The molecule has 0 saturated carbocycles. The predicted molar refractivity (Wildman–Crippen MR) is 130 cm³/mol. The maximum absolute atomic E-state index is 12.1. The van der Waals surface area contributed by atoms with Crippen LogP contribution >= 0.6 is 8.30 Å². The highest BCUT2D eigenvalue weighted by atomic mass is 31.2. The van der Waals surface area contributed by atoms with E-state index in [2.05, 4.69) is 10.2 Å². The van der Waals surface area contributed by atoms with E-state index in [9.17, 15) is 14.7 Å². The van der Waals surface area contributed by atoms with E-state index >= 15 is 0 Å². The molecular weight excluding hydrogens is 443 g/mol. The number of phenols is 1. The van der Waals surface area contributed by atoms with Gasteiger partial charge < -0.3 is 19.2 Å². The molecule has 1 aliphatic heterocycles. The molecule has 0 fully saturated rings. The molecule has 0 bridgehead atoms. The number of aromatic hydroxyl groups is 1. The van der Waals surface area contributed by atoms with Crippen LogP contribution < -0.4 is 5.09 Å². The van der Waals surface area contributed by atoms with Crippen molar-refractivity contribution in [1.82, 2.24) is 5.09 Å². The average Bonchev–Trinajstić information content (AvgIpc) is 3.15. The second-order valence-electron chi connectivity index (χ2n) is 8.09. The number of carbonyl (C=O) groups excluding carboxylic acids is 2. The Bertz CT molecular complexity index is 938. The van der Waals surface area contributed by atoms with E-state index in [1.165, 1.54) is 0 Å². The Kier molecular flexibility index (Phi) is 10.3. The third-order valence-corrected chi connectivity index (χ3v) is 6.93. The van der Waals surface area contributed by atoms with Gasteiger partial charge in [0, 0.05) is 23.8 Å². The summed E-state index contributed by atoms with van der Waals surface area (Å²) in [4.78, 5) is 23.7. The number of allylic oxidation sites excluding steroid dienone is 2. The molecule has 1 aromatic carbocycles. The van der Waals surface area contributed by atoms with Gasteiger partial charge in [-0.25, -0.2) is 4.79 Å². The number of carbonyl (C=O) groups is 2. The van der Waals surface area contributed by atoms with Gasteiger partial charge in [0.1, 0.15) is 17.9 Å². The van der Waals surface area contributed by atoms with Crippen LogP contribution in [0.1, 0.15) is 73.7 Å². The summed E-state index contributed by atoms with van der Waals surface area (Å²) in [6.45, 7) is 12.5. The lowest BCUT2D eigenvalue weighted by Crippen LogP contribution is -2.17. The van der Waals surface area contributed by atoms with Crippen LogP contribution in [0, 0.1) is 6.92 Å². The number of phenolic OH excluding ortho intramolecular Hbond substituents is 1. The number of fused-ring (bicyclic) bond motifs is 1. The molecule has 9 heteroatoms. The molecule has 8 nitrogen and oxygen atoms in total. The summed E-state index contributed by atoms with van der Waals surface area (Å²) in [7, 11) is -1.14. The second kappa shape index (κ2) is 12.7. The van der Waals surface area contributed by atoms with E-state index in [1.807, 2.05) is 40.7 Å². The van der Waals surface area contributed by atoms with Crippen molar-refractivity contribution >= 4 is 25.9 Å². The van der Waals surface area contributed by atoms with Gasteiger partial charge in [-0.1, -0.05) is 23.7 Å². The Morgan fingerprint density at radius 3 is 2.64 bits per heavy atom. The molecule has 33 heavy (non-hydrogen) atoms. The highest BCUT2D eigenvalue weighted by Crippen LogP contribution is 2.39. The number of esters is 2. The van der Waals surface area contributed by atoms with Crippen LogP contribution in [0.3, 0.4) is 0 Å². The van der Waals surface area contributed by atoms with Crippen molar-refractivity contribution in [3.05, 3.63) is 39.5 Å². The van der Waals surface area contributed by atoms with E-state index in [1.54, 1.807) is 6.92 Å². The van der Waals surface area contributed by atoms with Crippen LogP contribution in [-0.4, -0.2) is 42.1 Å². The van der Waals surface area contributed by atoms with Crippen molar-refractivity contribution in [1.29, 1.82) is 0 Å². The molecule has 1 aliphatic rings. The topological polar surface area (TPSA) is 106 Å². The highest BCUT2D eigenvalue weighted by molar-refractivity contribution is 7.50. The predicted octanol–water partition coefficient (Wildman–Crippen LogP) is 4.69. The number of hydrogen-bond acceptors (Lipinski definition) is 8. The van der Waals surface area contributed by atoms with Gasteiger partial charge >= 0.3 is 11.9 Å². The van der Waals surface area contributed by atoms with Crippen molar-refractivity contribution in [2.45, 2.75) is 67.4 Å². The SMILES string of the molecule is CCOC(=O)CCNP(C/C(C)=C/Cc1c(O)c2c(c(C)c1CC)COC2=O)ON=C(C)C. The second-order valence-corrected chi connectivity index (χ2v) is 9.64. The number of nitrogens with one attached hydrogen (secondary N) is 1. The number of ether oxygens (including phenoxy) is 2. The van der Waals surface area contributed by atoms with E-state index < -0.39 is 14.3 Å². The first-order chi connectivity index (χ1) is 15.7. The largest absolute Gasteiger partial charge is 0.507 e. The average molecular weight is 479 g/mol. The molecule has 2 rings (SSSR count). The van der Waals surface area contributed by atoms with Crippen LogP contribution in [0.5, 0.6) is 5.75 Å². The minimum Gasteiger partial charge on any atom is -0.507 e. The minimum absolute atomic E-state index is 0.0243. The van der Waals surface area contributed by atoms with Gasteiger partial charge in [0.05, 0.1) is 18.7 Å². The molecule has 0 saturated heterocycles. The Labute approximate surface area is 197 Å². The normalized spacial score (nSPS) is 13.9. The third kappa shape index (κ3) is 7.27. The van der Waals surface area contributed by atoms with E-state index in [0.717, 1.165) is 40.0 Å².